The molecule has 3 nitrogen and oxygen atoms in total. The van der Waals surface area contributed by atoms with E-state index in [0.717, 1.165) is 9.88 Å². The predicted molar refractivity (Wildman–Crippen MR) is 61.8 cm³/mol. The zero-order valence-electron chi connectivity index (χ0n) is 8.37. The second kappa shape index (κ2) is 4.89. The molecule has 0 saturated heterocycles. The summed E-state index contributed by atoms with van der Waals surface area (Å²) in [6.45, 7) is 5.72. The van der Waals surface area contributed by atoms with Crippen LogP contribution in [0.15, 0.2) is 6.20 Å². The molecular formula is C9H13BrN2OS. The second-order valence-electron chi connectivity index (χ2n) is 3.13. The van der Waals surface area contributed by atoms with Crippen molar-refractivity contribution in [1.82, 2.24) is 10.3 Å². The van der Waals surface area contributed by atoms with Crippen molar-refractivity contribution in [3.8, 4) is 0 Å². The Morgan fingerprint density at radius 2 is 2.29 bits per heavy atom. The molecule has 0 aliphatic heterocycles. The highest BCUT2D eigenvalue weighted by atomic mass is 79.9. The van der Waals surface area contributed by atoms with Crippen LogP contribution in [0.4, 0.5) is 0 Å². The summed E-state index contributed by atoms with van der Waals surface area (Å²) in [7, 11) is 0. The lowest BCUT2D eigenvalue weighted by atomic mass is 10.3. The van der Waals surface area contributed by atoms with Crippen LogP contribution in [-0.4, -0.2) is 15.7 Å². The van der Waals surface area contributed by atoms with Crippen LogP contribution in [0.1, 0.15) is 29.8 Å². The molecule has 1 rings (SSSR count). The molecule has 0 fully saturated rings. The zero-order valence-corrected chi connectivity index (χ0v) is 10.8. The molecule has 0 spiro atoms. The Balaban J connectivity index is 2.59. The first-order chi connectivity index (χ1) is 6.50. The van der Waals surface area contributed by atoms with E-state index in [0.29, 0.717) is 0 Å². The van der Waals surface area contributed by atoms with E-state index in [2.05, 4.69) is 26.2 Å². The summed E-state index contributed by atoms with van der Waals surface area (Å²) in [4.78, 5) is 16.4. The van der Waals surface area contributed by atoms with Crippen LogP contribution in [-0.2, 0) is 4.79 Å². The molecule has 1 N–H and O–H groups in total. The molecular weight excluding hydrogens is 264 g/mol. The van der Waals surface area contributed by atoms with Gasteiger partial charge in [0.15, 0.2) is 0 Å². The average molecular weight is 277 g/mol. The average Bonchev–Trinajstić information content (AvgIpc) is 2.51. The quantitative estimate of drug-likeness (QED) is 0.862. The monoisotopic (exact) mass is 276 g/mol. The number of carbonyl (C=O) groups excluding carboxylic acids is 1. The number of hydrogen-bond donors (Lipinski definition) is 1. The summed E-state index contributed by atoms with van der Waals surface area (Å²) in [5.41, 5.74) is 0. The number of halogens is 1. The van der Waals surface area contributed by atoms with Crippen LogP contribution >= 0.6 is 27.3 Å². The molecule has 0 bridgehead atoms. The van der Waals surface area contributed by atoms with Crippen molar-refractivity contribution in [2.24, 2.45) is 0 Å². The molecule has 0 saturated carbocycles. The van der Waals surface area contributed by atoms with Crippen LogP contribution in [0.5, 0.6) is 0 Å². The van der Waals surface area contributed by atoms with Crippen molar-refractivity contribution in [3.63, 3.8) is 0 Å². The molecule has 1 amide bonds. The number of aromatic nitrogens is 1. The smallest absolute Gasteiger partial charge is 0.233 e. The largest absolute Gasteiger partial charge is 0.348 e. The van der Waals surface area contributed by atoms with Gasteiger partial charge in [-0.2, -0.15) is 0 Å². The number of alkyl halides is 1. The second-order valence-corrected chi connectivity index (χ2v) is 5.77. The molecule has 0 radical (unpaired) electrons. The maximum Gasteiger partial charge on any atom is 0.233 e. The number of amides is 1. The molecule has 78 valence electrons. The summed E-state index contributed by atoms with van der Waals surface area (Å²) in [6, 6.07) is 0.0358. The topological polar surface area (TPSA) is 42.0 Å². The molecule has 1 aromatic rings. The highest BCUT2D eigenvalue weighted by Crippen LogP contribution is 2.20. The van der Waals surface area contributed by atoms with Crippen molar-refractivity contribution < 1.29 is 4.79 Å². The fourth-order valence-corrected chi connectivity index (χ4v) is 1.90. The first-order valence-corrected chi connectivity index (χ1v) is 6.10. The van der Waals surface area contributed by atoms with Gasteiger partial charge in [0.05, 0.1) is 15.9 Å². The van der Waals surface area contributed by atoms with E-state index >= 15 is 0 Å². The Labute approximate surface area is 96.1 Å². The van der Waals surface area contributed by atoms with Crippen molar-refractivity contribution >= 4 is 33.2 Å². The van der Waals surface area contributed by atoms with Gasteiger partial charge < -0.3 is 5.32 Å². The third kappa shape index (κ3) is 3.06. The van der Waals surface area contributed by atoms with Gasteiger partial charge in [0.25, 0.3) is 0 Å². The summed E-state index contributed by atoms with van der Waals surface area (Å²) in [5, 5.41) is 3.91. The number of carbonyl (C=O) groups is 1. The third-order valence-corrected chi connectivity index (χ3v) is 3.30. The minimum Gasteiger partial charge on any atom is -0.348 e. The first kappa shape index (κ1) is 11.7. The molecule has 1 aromatic heterocycles. The number of aryl methyl sites for hydroxylation is 1. The van der Waals surface area contributed by atoms with Gasteiger partial charge in [-0.1, -0.05) is 15.9 Å². The Morgan fingerprint density at radius 3 is 2.71 bits per heavy atom. The zero-order chi connectivity index (χ0) is 10.7. The van der Waals surface area contributed by atoms with Crippen LogP contribution in [0.2, 0.25) is 0 Å². The van der Waals surface area contributed by atoms with Gasteiger partial charge in [0.1, 0.15) is 0 Å². The predicted octanol–water partition coefficient (Wildman–Crippen LogP) is 2.41. The van der Waals surface area contributed by atoms with E-state index in [1.54, 1.807) is 18.3 Å². The molecule has 0 aliphatic carbocycles. The lowest BCUT2D eigenvalue weighted by Crippen LogP contribution is -2.31. The van der Waals surface area contributed by atoms with Gasteiger partial charge in [-0.25, -0.2) is 4.98 Å². The summed E-state index contributed by atoms with van der Waals surface area (Å²) >= 11 is 4.83. The lowest BCUT2D eigenvalue weighted by molar-refractivity contribution is -0.120. The van der Waals surface area contributed by atoms with Crippen molar-refractivity contribution in [2.45, 2.75) is 31.6 Å². The first-order valence-electron chi connectivity index (χ1n) is 4.37. The van der Waals surface area contributed by atoms with Crippen LogP contribution in [0.3, 0.4) is 0 Å². The van der Waals surface area contributed by atoms with Crippen molar-refractivity contribution in [3.05, 3.63) is 16.1 Å². The van der Waals surface area contributed by atoms with E-state index in [1.807, 2.05) is 20.0 Å². The van der Waals surface area contributed by atoms with Gasteiger partial charge in [-0.3, -0.25) is 4.79 Å². The number of nitrogens with zero attached hydrogens (tertiary/aromatic N) is 1. The lowest BCUT2D eigenvalue weighted by Gasteiger charge is -2.12. The minimum atomic E-state index is -0.154. The van der Waals surface area contributed by atoms with Crippen molar-refractivity contribution in [2.75, 3.05) is 0 Å². The maximum absolute atomic E-state index is 11.4. The molecule has 2 atom stereocenters. The van der Waals surface area contributed by atoms with E-state index in [-0.39, 0.29) is 16.8 Å². The fraction of sp³-hybridized carbons (Fsp3) is 0.556. The number of nitrogens with one attached hydrogen (secondary N) is 1. The SMILES string of the molecule is Cc1ncc(C(C)NC(=O)C(C)Br)s1. The Hall–Kier alpha value is -0.420. The molecule has 0 aromatic carbocycles. The van der Waals surface area contributed by atoms with E-state index in [4.69, 9.17) is 0 Å². The third-order valence-electron chi connectivity index (χ3n) is 1.79. The Morgan fingerprint density at radius 1 is 1.64 bits per heavy atom. The molecule has 0 aliphatic rings. The standard InChI is InChI=1S/C9H13BrN2OS/c1-5(10)9(13)12-6(2)8-4-11-7(3)14-8/h4-6H,1-3H3,(H,12,13). The van der Waals surface area contributed by atoms with E-state index < -0.39 is 0 Å². The van der Waals surface area contributed by atoms with E-state index in [1.165, 1.54) is 0 Å². The summed E-state index contributed by atoms with van der Waals surface area (Å²) in [5.74, 6) is 0.00329. The van der Waals surface area contributed by atoms with Crippen LogP contribution in [0.25, 0.3) is 0 Å². The van der Waals surface area contributed by atoms with Gasteiger partial charge in [0.2, 0.25) is 5.91 Å². The fourth-order valence-electron chi connectivity index (χ4n) is 0.977. The number of hydrogen-bond acceptors (Lipinski definition) is 3. The highest BCUT2D eigenvalue weighted by molar-refractivity contribution is 9.10. The van der Waals surface area contributed by atoms with Gasteiger partial charge in [-0.15, -0.1) is 11.3 Å². The molecule has 5 heteroatoms. The highest BCUT2D eigenvalue weighted by Gasteiger charge is 2.14. The van der Waals surface area contributed by atoms with Crippen LogP contribution < -0.4 is 5.32 Å². The maximum atomic E-state index is 11.4. The van der Waals surface area contributed by atoms with E-state index in [9.17, 15) is 4.79 Å². The van der Waals surface area contributed by atoms with Gasteiger partial charge >= 0.3 is 0 Å². The Kier molecular flexibility index (Phi) is 4.07. The van der Waals surface area contributed by atoms with Crippen LogP contribution in [0, 0.1) is 6.92 Å². The molecule has 1 heterocycles. The normalized spacial score (nSPS) is 14.9. The summed E-state index contributed by atoms with van der Waals surface area (Å²) < 4.78 is 0. The minimum absolute atomic E-state index is 0.00329. The molecule has 14 heavy (non-hydrogen) atoms. The van der Waals surface area contributed by atoms with Gasteiger partial charge in [-0.05, 0) is 20.8 Å². The summed E-state index contributed by atoms with van der Waals surface area (Å²) in [6.07, 6.45) is 1.81. The molecule has 2 unspecified atom stereocenters. The Bertz CT molecular complexity index is 324. The van der Waals surface area contributed by atoms with Gasteiger partial charge in [0, 0.05) is 11.1 Å². The number of thiazole rings is 1. The number of rotatable bonds is 3. The van der Waals surface area contributed by atoms with Crippen molar-refractivity contribution in [1.29, 1.82) is 0 Å².